The first-order valence-electron chi connectivity index (χ1n) is 10.3. The zero-order chi connectivity index (χ0) is 20.3. The van der Waals surface area contributed by atoms with Gasteiger partial charge in [-0.15, -0.1) is 0 Å². The van der Waals surface area contributed by atoms with Crippen molar-refractivity contribution >= 4 is 28.3 Å². The number of nitrogens with one attached hydrogen (secondary N) is 1. The second-order valence-electron chi connectivity index (χ2n) is 7.62. The van der Waals surface area contributed by atoms with Gasteiger partial charge in [0.25, 0.3) is 5.91 Å². The van der Waals surface area contributed by atoms with Crippen LogP contribution in [0.2, 0.25) is 0 Å². The number of carbonyl (C=O) groups is 1. The molecule has 6 nitrogen and oxygen atoms in total. The van der Waals surface area contributed by atoms with Crippen LogP contribution in [0.5, 0.6) is 0 Å². The van der Waals surface area contributed by atoms with Gasteiger partial charge in [-0.05, 0) is 48.7 Å². The summed E-state index contributed by atoms with van der Waals surface area (Å²) in [6.07, 6.45) is 5.86. The van der Waals surface area contributed by atoms with Crippen LogP contribution in [0.15, 0.2) is 73.1 Å². The van der Waals surface area contributed by atoms with E-state index in [0.29, 0.717) is 12.1 Å². The molecule has 0 spiro atoms. The Morgan fingerprint density at radius 2 is 1.73 bits per heavy atom. The lowest BCUT2D eigenvalue weighted by Crippen LogP contribution is -2.17. The van der Waals surface area contributed by atoms with Crippen LogP contribution in [0.3, 0.4) is 0 Å². The van der Waals surface area contributed by atoms with Crippen molar-refractivity contribution in [3.8, 4) is 0 Å². The predicted molar refractivity (Wildman–Crippen MR) is 119 cm³/mol. The van der Waals surface area contributed by atoms with Gasteiger partial charge < -0.3 is 10.2 Å². The molecule has 2 aromatic heterocycles. The van der Waals surface area contributed by atoms with E-state index in [1.165, 1.54) is 18.5 Å². The Labute approximate surface area is 175 Å². The van der Waals surface area contributed by atoms with Gasteiger partial charge in [-0.1, -0.05) is 30.3 Å². The van der Waals surface area contributed by atoms with E-state index >= 15 is 0 Å². The van der Waals surface area contributed by atoms with Crippen molar-refractivity contribution in [3.63, 3.8) is 0 Å². The van der Waals surface area contributed by atoms with E-state index < -0.39 is 0 Å². The minimum atomic E-state index is -0.172. The molecule has 1 aliphatic heterocycles. The van der Waals surface area contributed by atoms with Gasteiger partial charge in [0.15, 0.2) is 5.65 Å². The monoisotopic (exact) mass is 397 g/mol. The molecule has 150 valence electrons. The van der Waals surface area contributed by atoms with Gasteiger partial charge >= 0.3 is 0 Å². The number of anilines is 2. The summed E-state index contributed by atoms with van der Waals surface area (Å²) in [5, 5.41) is 8.25. The lowest BCUT2D eigenvalue weighted by molar-refractivity contribution is 0.102. The fourth-order valence-electron chi connectivity index (χ4n) is 3.90. The Balaban J connectivity index is 1.30. The molecule has 0 bridgehead atoms. The SMILES string of the molecule is O=C(Nc1ccc(N2CCCC2)cc1)c1cnc2c(cnn2Cc2ccccc2)c1. The number of benzene rings is 2. The van der Waals surface area contributed by atoms with E-state index in [2.05, 4.69) is 44.6 Å². The average molecular weight is 397 g/mol. The van der Waals surface area contributed by atoms with Crippen LogP contribution in [-0.2, 0) is 6.54 Å². The predicted octanol–water partition coefficient (Wildman–Crippen LogP) is 4.33. The summed E-state index contributed by atoms with van der Waals surface area (Å²) in [5.74, 6) is -0.172. The number of pyridine rings is 1. The van der Waals surface area contributed by atoms with Gasteiger partial charge in [-0.3, -0.25) is 4.79 Å². The van der Waals surface area contributed by atoms with Crippen molar-refractivity contribution in [1.29, 1.82) is 0 Å². The highest BCUT2D eigenvalue weighted by Gasteiger charge is 2.13. The molecule has 1 saturated heterocycles. The van der Waals surface area contributed by atoms with Gasteiger partial charge in [0.1, 0.15) is 0 Å². The summed E-state index contributed by atoms with van der Waals surface area (Å²) in [6.45, 7) is 2.86. The van der Waals surface area contributed by atoms with Crippen molar-refractivity contribution in [2.75, 3.05) is 23.3 Å². The maximum absolute atomic E-state index is 12.7. The minimum Gasteiger partial charge on any atom is -0.372 e. The number of amides is 1. The van der Waals surface area contributed by atoms with Crippen LogP contribution in [0, 0.1) is 0 Å². The summed E-state index contributed by atoms with van der Waals surface area (Å²) in [7, 11) is 0. The molecule has 1 fully saturated rings. The quantitative estimate of drug-likeness (QED) is 0.544. The third kappa shape index (κ3) is 3.76. The van der Waals surface area contributed by atoms with E-state index in [1.54, 1.807) is 12.4 Å². The van der Waals surface area contributed by atoms with E-state index in [-0.39, 0.29) is 5.91 Å². The van der Waals surface area contributed by atoms with Crippen LogP contribution in [-0.4, -0.2) is 33.8 Å². The van der Waals surface area contributed by atoms with Crippen LogP contribution in [0.4, 0.5) is 11.4 Å². The Morgan fingerprint density at radius 1 is 0.967 bits per heavy atom. The molecule has 0 unspecified atom stereocenters. The third-order valence-electron chi connectivity index (χ3n) is 5.51. The number of nitrogens with zero attached hydrogens (tertiary/aromatic N) is 4. The van der Waals surface area contributed by atoms with E-state index in [9.17, 15) is 4.79 Å². The number of hydrogen-bond acceptors (Lipinski definition) is 4. The van der Waals surface area contributed by atoms with E-state index in [0.717, 1.165) is 35.4 Å². The molecule has 0 atom stereocenters. The van der Waals surface area contributed by atoms with Crippen LogP contribution >= 0.6 is 0 Å². The van der Waals surface area contributed by atoms with Crippen LogP contribution in [0.25, 0.3) is 11.0 Å². The van der Waals surface area contributed by atoms with Crippen molar-refractivity contribution in [2.45, 2.75) is 19.4 Å². The molecule has 1 amide bonds. The Bertz CT molecular complexity index is 1160. The molecule has 3 heterocycles. The van der Waals surface area contributed by atoms with Gasteiger partial charge in [-0.2, -0.15) is 5.10 Å². The molecule has 0 radical (unpaired) electrons. The van der Waals surface area contributed by atoms with Crippen molar-refractivity contribution in [2.24, 2.45) is 0 Å². The molecule has 4 aromatic rings. The molecule has 0 aliphatic carbocycles. The van der Waals surface area contributed by atoms with E-state index in [1.807, 2.05) is 41.1 Å². The normalized spacial score (nSPS) is 13.7. The second kappa shape index (κ2) is 7.99. The summed E-state index contributed by atoms with van der Waals surface area (Å²) in [5.41, 5.74) is 4.43. The molecule has 1 aliphatic rings. The topological polar surface area (TPSA) is 63.1 Å². The maximum atomic E-state index is 12.7. The largest absolute Gasteiger partial charge is 0.372 e. The highest BCUT2D eigenvalue weighted by Crippen LogP contribution is 2.22. The van der Waals surface area contributed by atoms with Gasteiger partial charge in [0.05, 0.1) is 18.3 Å². The number of fused-ring (bicyclic) bond motifs is 1. The van der Waals surface area contributed by atoms with Crippen molar-refractivity contribution < 1.29 is 4.79 Å². The highest BCUT2D eigenvalue weighted by atomic mass is 16.1. The summed E-state index contributed by atoms with van der Waals surface area (Å²) < 4.78 is 1.85. The second-order valence-corrected chi connectivity index (χ2v) is 7.62. The van der Waals surface area contributed by atoms with Crippen molar-refractivity contribution in [3.05, 3.63) is 84.2 Å². The maximum Gasteiger partial charge on any atom is 0.257 e. The van der Waals surface area contributed by atoms with Crippen LogP contribution in [0.1, 0.15) is 28.8 Å². The zero-order valence-corrected chi connectivity index (χ0v) is 16.7. The summed E-state index contributed by atoms with van der Waals surface area (Å²) >= 11 is 0. The first-order valence-corrected chi connectivity index (χ1v) is 10.3. The smallest absolute Gasteiger partial charge is 0.257 e. The van der Waals surface area contributed by atoms with Crippen LogP contribution < -0.4 is 10.2 Å². The third-order valence-corrected chi connectivity index (χ3v) is 5.51. The lowest BCUT2D eigenvalue weighted by Gasteiger charge is -2.17. The molecule has 0 saturated carbocycles. The van der Waals surface area contributed by atoms with E-state index in [4.69, 9.17) is 0 Å². The van der Waals surface area contributed by atoms with Crippen molar-refractivity contribution in [1.82, 2.24) is 14.8 Å². The molecular formula is C24H23N5O. The number of carbonyl (C=O) groups excluding carboxylic acids is 1. The molecule has 2 aromatic carbocycles. The standard InChI is InChI=1S/C24H23N5O/c30-24(27-21-8-10-22(11-9-21)28-12-4-5-13-28)20-14-19-16-26-29(23(19)25-15-20)17-18-6-2-1-3-7-18/h1-3,6-11,14-16H,4-5,12-13,17H2,(H,27,30). The van der Waals surface area contributed by atoms with Gasteiger partial charge in [0, 0.05) is 36.0 Å². The Kier molecular flexibility index (Phi) is 4.89. The first-order chi connectivity index (χ1) is 14.8. The number of hydrogen-bond donors (Lipinski definition) is 1. The molecule has 1 N–H and O–H groups in total. The minimum absolute atomic E-state index is 0.172. The Morgan fingerprint density at radius 3 is 2.50 bits per heavy atom. The van der Waals surface area contributed by atoms with Gasteiger partial charge in [0.2, 0.25) is 0 Å². The highest BCUT2D eigenvalue weighted by molar-refractivity contribution is 6.05. The summed E-state index contributed by atoms with van der Waals surface area (Å²) in [4.78, 5) is 19.6. The first kappa shape index (κ1) is 18.4. The fourth-order valence-corrected chi connectivity index (χ4v) is 3.90. The fraction of sp³-hybridized carbons (Fsp3) is 0.208. The summed E-state index contributed by atoms with van der Waals surface area (Å²) in [6, 6.07) is 20.0. The number of rotatable bonds is 5. The molecule has 6 heteroatoms. The lowest BCUT2D eigenvalue weighted by atomic mass is 10.2. The zero-order valence-electron chi connectivity index (χ0n) is 16.7. The molecule has 30 heavy (non-hydrogen) atoms. The van der Waals surface area contributed by atoms with Gasteiger partial charge in [-0.25, -0.2) is 9.67 Å². The average Bonchev–Trinajstić information content (AvgIpc) is 3.45. The Hall–Kier alpha value is -3.67. The number of aromatic nitrogens is 3. The molecular weight excluding hydrogens is 374 g/mol. The molecule has 5 rings (SSSR count).